The molecule has 128 valence electrons. The van der Waals surface area contributed by atoms with Gasteiger partial charge in [0.25, 0.3) is 5.91 Å². The number of rotatable bonds is 6. The van der Waals surface area contributed by atoms with E-state index in [0.717, 1.165) is 32.4 Å². The molecule has 1 aliphatic heterocycles. The minimum Gasteiger partial charge on any atom is -0.350 e. The third-order valence-corrected chi connectivity index (χ3v) is 4.23. The summed E-state index contributed by atoms with van der Waals surface area (Å²) < 4.78 is 0. The van der Waals surface area contributed by atoms with Crippen LogP contribution in [0, 0.1) is 16.0 Å². The zero-order chi connectivity index (χ0) is 16.8. The van der Waals surface area contributed by atoms with Crippen LogP contribution >= 0.6 is 0 Å². The quantitative estimate of drug-likeness (QED) is 0.613. The summed E-state index contributed by atoms with van der Waals surface area (Å²) >= 11 is 0. The van der Waals surface area contributed by atoms with E-state index in [-0.39, 0.29) is 11.4 Å². The van der Waals surface area contributed by atoms with Crippen LogP contribution in [0.1, 0.15) is 48.8 Å². The van der Waals surface area contributed by atoms with Crippen LogP contribution in [0.25, 0.3) is 0 Å². The van der Waals surface area contributed by atoms with Crippen molar-refractivity contribution in [3.8, 4) is 0 Å². The lowest BCUT2D eigenvalue weighted by atomic mass is 10.0. The summed E-state index contributed by atoms with van der Waals surface area (Å²) in [4.78, 5) is 25.3. The first kappa shape index (κ1) is 17.4. The van der Waals surface area contributed by atoms with Gasteiger partial charge in [-0.3, -0.25) is 20.0 Å². The van der Waals surface area contributed by atoms with Crippen molar-refractivity contribution in [2.45, 2.75) is 39.0 Å². The Morgan fingerprint density at radius 2 is 2.30 bits per heavy atom. The minimum atomic E-state index is -0.525. The van der Waals surface area contributed by atoms with Gasteiger partial charge < -0.3 is 10.2 Å². The summed E-state index contributed by atoms with van der Waals surface area (Å²) in [5.41, 5.74) is 0.111. The number of amides is 1. The third-order valence-electron chi connectivity index (χ3n) is 4.23. The van der Waals surface area contributed by atoms with Crippen molar-refractivity contribution < 1.29 is 9.72 Å². The van der Waals surface area contributed by atoms with Crippen molar-refractivity contribution in [1.82, 2.24) is 20.4 Å². The molecule has 1 aliphatic rings. The summed E-state index contributed by atoms with van der Waals surface area (Å²) in [6.07, 6.45) is 4.64. The fraction of sp³-hybridized carbons (Fsp3) is 0.733. The molecule has 1 amide bonds. The maximum Gasteiger partial charge on any atom is 0.322 e. The van der Waals surface area contributed by atoms with Gasteiger partial charge in [-0.1, -0.05) is 19.8 Å². The number of nitrogens with zero attached hydrogens (tertiary/aromatic N) is 3. The predicted octanol–water partition coefficient (Wildman–Crippen LogP) is 1.73. The van der Waals surface area contributed by atoms with Gasteiger partial charge in [-0.25, -0.2) is 0 Å². The average Bonchev–Trinajstić information content (AvgIpc) is 2.81. The SMILES string of the molecule is CCCc1[nH]nc(C(=O)NCC2CCCCN(C)C2)c1[N+](=O)[O-]. The molecule has 1 aromatic rings. The number of H-pyrrole nitrogens is 1. The second-order valence-corrected chi connectivity index (χ2v) is 6.24. The number of aromatic nitrogens is 2. The molecule has 0 saturated carbocycles. The molecule has 2 heterocycles. The summed E-state index contributed by atoms with van der Waals surface area (Å²) in [5.74, 6) is -0.0956. The maximum absolute atomic E-state index is 12.3. The molecule has 1 saturated heterocycles. The first-order valence-corrected chi connectivity index (χ1v) is 8.21. The molecule has 1 unspecified atom stereocenters. The largest absolute Gasteiger partial charge is 0.350 e. The molecule has 0 spiro atoms. The Bertz CT molecular complexity index is 557. The number of aryl methyl sites for hydroxylation is 1. The maximum atomic E-state index is 12.3. The number of nitro groups is 1. The number of aromatic amines is 1. The normalized spacial score (nSPS) is 19.3. The Balaban J connectivity index is 2.01. The number of carbonyl (C=O) groups is 1. The number of likely N-dealkylation sites (tertiary alicyclic amines) is 1. The smallest absolute Gasteiger partial charge is 0.322 e. The Kier molecular flexibility index (Phi) is 6.09. The van der Waals surface area contributed by atoms with Crippen LogP contribution in [0.2, 0.25) is 0 Å². The molecule has 1 aromatic heterocycles. The van der Waals surface area contributed by atoms with Crippen LogP contribution in [0.15, 0.2) is 0 Å². The molecule has 1 atom stereocenters. The van der Waals surface area contributed by atoms with Crippen molar-refractivity contribution >= 4 is 11.6 Å². The van der Waals surface area contributed by atoms with Crippen LogP contribution in [-0.4, -0.2) is 52.6 Å². The van der Waals surface area contributed by atoms with E-state index in [4.69, 9.17) is 0 Å². The Morgan fingerprint density at radius 3 is 3.00 bits per heavy atom. The topological polar surface area (TPSA) is 104 Å². The highest BCUT2D eigenvalue weighted by Gasteiger charge is 2.29. The Morgan fingerprint density at radius 1 is 1.52 bits per heavy atom. The van der Waals surface area contributed by atoms with Gasteiger partial charge in [0.1, 0.15) is 5.69 Å². The standard InChI is InChI=1S/C15H25N5O3/c1-3-6-12-14(20(22)23)13(18-17-12)15(21)16-9-11-7-4-5-8-19(2)10-11/h11H,3-10H2,1-2H3,(H,16,21)(H,17,18). The fourth-order valence-corrected chi connectivity index (χ4v) is 3.08. The van der Waals surface area contributed by atoms with Crippen LogP contribution in [-0.2, 0) is 6.42 Å². The van der Waals surface area contributed by atoms with Gasteiger partial charge in [-0.05, 0) is 38.8 Å². The number of hydrogen-bond acceptors (Lipinski definition) is 5. The zero-order valence-corrected chi connectivity index (χ0v) is 13.8. The fourth-order valence-electron chi connectivity index (χ4n) is 3.08. The van der Waals surface area contributed by atoms with Crippen LogP contribution < -0.4 is 5.32 Å². The van der Waals surface area contributed by atoms with Crippen molar-refractivity contribution in [2.75, 3.05) is 26.7 Å². The van der Waals surface area contributed by atoms with E-state index in [1.54, 1.807) is 0 Å². The van der Waals surface area contributed by atoms with Gasteiger partial charge in [-0.2, -0.15) is 5.10 Å². The molecule has 0 aromatic carbocycles. The van der Waals surface area contributed by atoms with Crippen LogP contribution in [0.4, 0.5) is 5.69 Å². The average molecular weight is 323 g/mol. The van der Waals surface area contributed by atoms with E-state index in [0.29, 0.717) is 24.6 Å². The highest BCUT2D eigenvalue weighted by molar-refractivity contribution is 5.96. The molecule has 1 fully saturated rings. The van der Waals surface area contributed by atoms with E-state index in [2.05, 4.69) is 27.5 Å². The van der Waals surface area contributed by atoms with Gasteiger partial charge in [0.2, 0.25) is 5.69 Å². The van der Waals surface area contributed by atoms with E-state index in [1.165, 1.54) is 6.42 Å². The van der Waals surface area contributed by atoms with Crippen molar-refractivity contribution in [3.63, 3.8) is 0 Å². The lowest BCUT2D eigenvalue weighted by Gasteiger charge is -2.19. The summed E-state index contributed by atoms with van der Waals surface area (Å²) in [6.45, 7) is 4.46. The van der Waals surface area contributed by atoms with E-state index in [1.807, 2.05) is 6.92 Å². The number of hydrogen-bond donors (Lipinski definition) is 2. The van der Waals surface area contributed by atoms with E-state index >= 15 is 0 Å². The number of carbonyl (C=O) groups excluding carboxylic acids is 1. The molecular formula is C15H25N5O3. The minimum absolute atomic E-state index is 0.111. The molecule has 23 heavy (non-hydrogen) atoms. The van der Waals surface area contributed by atoms with Crippen LogP contribution in [0.3, 0.4) is 0 Å². The molecule has 8 heteroatoms. The molecule has 2 N–H and O–H groups in total. The Hall–Kier alpha value is -1.96. The summed E-state index contributed by atoms with van der Waals surface area (Å²) in [5, 5.41) is 20.5. The molecule has 0 aliphatic carbocycles. The van der Waals surface area contributed by atoms with E-state index < -0.39 is 10.8 Å². The highest BCUT2D eigenvalue weighted by atomic mass is 16.6. The molecule has 0 bridgehead atoms. The van der Waals surface area contributed by atoms with Crippen molar-refractivity contribution in [3.05, 3.63) is 21.5 Å². The second kappa shape index (κ2) is 8.05. The Labute approximate surface area is 135 Å². The van der Waals surface area contributed by atoms with Crippen LogP contribution in [0.5, 0.6) is 0 Å². The van der Waals surface area contributed by atoms with Gasteiger partial charge >= 0.3 is 5.69 Å². The first-order chi connectivity index (χ1) is 11.0. The van der Waals surface area contributed by atoms with Gasteiger partial charge in [0.15, 0.2) is 0 Å². The predicted molar refractivity (Wildman–Crippen MR) is 86.4 cm³/mol. The van der Waals surface area contributed by atoms with Crippen molar-refractivity contribution in [2.24, 2.45) is 5.92 Å². The molecule has 0 radical (unpaired) electrons. The molecule has 2 rings (SSSR count). The lowest BCUT2D eigenvalue weighted by molar-refractivity contribution is -0.385. The number of nitrogens with one attached hydrogen (secondary N) is 2. The summed E-state index contributed by atoms with van der Waals surface area (Å²) in [6, 6.07) is 0. The van der Waals surface area contributed by atoms with Crippen molar-refractivity contribution in [1.29, 1.82) is 0 Å². The lowest BCUT2D eigenvalue weighted by Crippen LogP contribution is -2.34. The highest BCUT2D eigenvalue weighted by Crippen LogP contribution is 2.22. The molecular weight excluding hydrogens is 298 g/mol. The van der Waals surface area contributed by atoms with E-state index in [9.17, 15) is 14.9 Å². The second-order valence-electron chi connectivity index (χ2n) is 6.24. The summed E-state index contributed by atoms with van der Waals surface area (Å²) in [7, 11) is 2.08. The first-order valence-electron chi connectivity index (χ1n) is 8.21. The third kappa shape index (κ3) is 4.51. The van der Waals surface area contributed by atoms with Gasteiger partial charge in [0, 0.05) is 13.1 Å². The monoisotopic (exact) mass is 323 g/mol. The van der Waals surface area contributed by atoms with Gasteiger partial charge in [-0.15, -0.1) is 0 Å². The molecule has 8 nitrogen and oxygen atoms in total. The zero-order valence-electron chi connectivity index (χ0n) is 13.8. The van der Waals surface area contributed by atoms with Gasteiger partial charge in [0.05, 0.1) is 4.92 Å².